The van der Waals surface area contributed by atoms with Gasteiger partial charge in [-0.05, 0) is 93.6 Å². The average Bonchev–Trinajstić information content (AvgIpc) is 3.61. The SMILES string of the molecule is CN(C)C(=O)c1cccc([C@H](Cc2cc(Cl)c3ncc(C#N)c(Nc4ccc(F)c(Cl)c4)c3c2)c2cn(C3CCN(C(=O)OC(C)(C)C)CC3)nn2)c1. The molecule has 1 N–H and O–H groups in total. The van der Waals surface area contributed by atoms with Gasteiger partial charge in [0.1, 0.15) is 17.5 Å². The number of benzene rings is 3. The third kappa shape index (κ3) is 8.53. The van der Waals surface area contributed by atoms with Gasteiger partial charge in [0.25, 0.3) is 5.91 Å². The van der Waals surface area contributed by atoms with Crippen molar-refractivity contribution in [3.63, 3.8) is 0 Å². The predicted molar refractivity (Wildman–Crippen MR) is 202 cm³/mol. The maximum atomic E-state index is 14.0. The Kier molecular flexibility index (Phi) is 10.9. The minimum absolute atomic E-state index is 0.0245. The lowest BCUT2D eigenvalue weighted by Crippen LogP contribution is -2.42. The molecule has 53 heavy (non-hydrogen) atoms. The lowest BCUT2D eigenvalue weighted by atomic mass is 9.88. The summed E-state index contributed by atoms with van der Waals surface area (Å²) in [5.74, 6) is -1.05. The van der Waals surface area contributed by atoms with E-state index < -0.39 is 11.4 Å². The zero-order valence-electron chi connectivity index (χ0n) is 30.0. The van der Waals surface area contributed by atoms with Crippen molar-refractivity contribution in [3.8, 4) is 6.07 Å². The number of rotatable bonds is 8. The van der Waals surface area contributed by atoms with E-state index in [-0.39, 0.29) is 34.5 Å². The van der Waals surface area contributed by atoms with Crippen LogP contribution in [0.1, 0.15) is 78.3 Å². The normalized spacial score (nSPS) is 14.1. The first-order chi connectivity index (χ1) is 25.2. The summed E-state index contributed by atoms with van der Waals surface area (Å²) in [4.78, 5) is 33.4. The zero-order valence-corrected chi connectivity index (χ0v) is 31.5. The summed E-state index contributed by atoms with van der Waals surface area (Å²) < 4.78 is 21.4. The number of amides is 2. The first-order valence-corrected chi connectivity index (χ1v) is 17.9. The highest BCUT2D eigenvalue weighted by molar-refractivity contribution is 6.35. The fourth-order valence-electron chi connectivity index (χ4n) is 6.41. The van der Waals surface area contributed by atoms with Crippen LogP contribution in [0.2, 0.25) is 10.0 Å². The molecule has 0 radical (unpaired) electrons. The summed E-state index contributed by atoms with van der Waals surface area (Å²) in [7, 11) is 3.41. The van der Waals surface area contributed by atoms with Crippen LogP contribution in [-0.2, 0) is 11.2 Å². The number of fused-ring (bicyclic) bond motifs is 1. The Morgan fingerprint density at radius 1 is 1.09 bits per heavy atom. The Bertz CT molecular complexity index is 2220. The molecule has 0 aliphatic carbocycles. The predicted octanol–water partition coefficient (Wildman–Crippen LogP) is 8.54. The van der Waals surface area contributed by atoms with Gasteiger partial charge in [0.15, 0.2) is 0 Å². The van der Waals surface area contributed by atoms with Crippen LogP contribution in [0, 0.1) is 17.1 Å². The van der Waals surface area contributed by atoms with Crippen molar-refractivity contribution in [3.05, 3.63) is 111 Å². The number of aromatic nitrogens is 4. The maximum Gasteiger partial charge on any atom is 0.410 e. The Morgan fingerprint density at radius 2 is 1.85 bits per heavy atom. The molecular weight excluding hydrogens is 718 g/mol. The topological polar surface area (TPSA) is 129 Å². The molecule has 5 aromatic rings. The summed E-state index contributed by atoms with van der Waals surface area (Å²) >= 11 is 12.9. The monoisotopic (exact) mass is 756 g/mol. The number of hydrogen-bond donors (Lipinski definition) is 1. The van der Waals surface area contributed by atoms with E-state index in [0.29, 0.717) is 70.9 Å². The molecule has 1 aliphatic rings. The number of carbonyl (C=O) groups is 2. The van der Waals surface area contributed by atoms with E-state index in [1.54, 1.807) is 25.1 Å². The van der Waals surface area contributed by atoms with Gasteiger partial charge in [-0.3, -0.25) is 9.78 Å². The molecule has 3 heterocycles. The summed E-state index contributed by atoms with van der Waals surface area (Å²) in [6, 6.07) is 17.6. The molecule has 1 fully saturated rings. The van der Waals surface area contributed by atoms with Crippen molar-refractivity contribution in [1.29, 1.82) is 5.26 Å². The quantitative estimate of drug-likeness (QED) is 0.167. The number of nitrogens with one attached hydrogen (secondary N) is 1. The number of carbonyl (C=O) groups excluding carboxylic acids is 2. The lowest BCUT2D eigenvalue weighted by molar-refractivity contribution is 0.0184. The Morgan fingerprint density at radius 3 is 2.53 bits per heavy atom. The van der Waals surface area contributed by atoms with Crippen molar-refractivity contribution in [2.75, 3.05) is 32.5 Å². The standard InChI is InChI=1S/C39H39Cl2FN8O3/c1-39(2,3)53-38(52)49-13-11-28(12-14-49)50-22-34(46-47-50)29(24-7-6-8-25(18-24)37(51)48(4)5)15-23-16-30-35(45-27-9-10-33(42)31(40)19-27)26(20-43)21-44-36(30)32(41)17-23/h6-10,16-19,21-22,28-29H,11-15H2,1-5H3,(H,44,45)/t29-/m0/s1. The molecule has 0 unspecified atom stereocenters. The fraction of sp³-hybridized carbons (Fsp3) is 0.333. The van der Waals surface area contributed by atoms with Gasteiger partial charge in [-0.1, -0.05) is 40.5 Å². The number of ether oxygens (including phenoxy) is 1. The lowest BCUT2D eigenvalue weighted by Gasteiger charge is -2.33. The van der Waals surface area contributed by atoms with Crippen LogP contribution in [0.4, 0.5) is 20.6 Å². The second-order valence-corrected chi connectivity index (χ2v) is 15.1. The third-order valence-electron chi connectivity index (χ3n) is 9.05. The fourth-order valence-corrected chi connectivity index (χ4v) is 6.89. The summed E-state index contributed by atoms with van der Waals surface area (Å²) in [5, 5.41) is 23.3. The molecule has 11 nitrogen and oxygen atoms in total. The van der Waals surface area contributed by atoms with Gasteiger partial charge in [-0.25, -0.2) is 13.9 Å². The highest BCUT2D eigenvalue weighted by Crippen LogP contribution is 2.37. The summed E-state index contributed by atoms with van der Waals surface area (Å²) in [5.41, 5.74) is 3.98. The molecule has 0 bridgehead atoms. The molecule has 0 spiro atoms. The Hall–Kier alpha value is -5.25. The first-order valence-electron chi connectivity index (χ1n) is 17.2. The van der Waals surface area contributed by atoms with Gasteiger partial charge in [-0.15, -0.1) is 5.10 Å². The molecule has 2 amide bonds. The van der Waals surface area contributed by atoms with E-state index in [9.17, 15) is 19.2 Å². The number of piperidine rings is 1. The van der Waals surface area contributed by atoms with Crippen molar-refractivity contribution >= 4 is 57.5 Å². The number of anilines is 2. The van der Waals surface area contributed by atoms with E-state index in [4.69, 9.17) is 27.9 Å². The minimum atomic E-state index is -0.572. The number of likely N-dealkylation sites (tertiary alicyclic amines) is 1. The molecule has 1 aliphatic heterocycles. The second kappa shape index (κ2) is 15.4. The van der Waals surface area contributed by atoms with Crippen molar-refractivity contribution in [1.82, 2.24) is 29.8 Å². The number of pyridine rings is 1. The third-order valence-corrected chi connectivity index (χ3v) is 9.63. The Balaban J connectivity index is 1.36. The van der Waals surface area contributed by atoms with E-state index in [2.05, 4.69) is 26.7 Å². The van der Waals surface area contributed by atoms with Crippen LogP contribution in [0.15, 0.2) is 67.0 Å². The van der Waals surface area contributed by atoms with Crippen molar-refractivity contribution < 1.29 is 18.7 Å². The largest absolute Gasteiger partial charge is 0.444 e. The molecular formula is C39H39Cl2FN8O3. The molecule has 6 rings (SSSR count). The van der Waals surface area contributed by atoms with Gasteiger partial charge in [0, 0.05) is 62.1 Å². The Labute approximate surface area is 317 Å². The number of halogens is 3. The molecule has 274 valence electrons. The van der Waals surface area contributed by atoms with Crippen molar-refractivity contribution in [2.24, 2.45) is 0 Å². The molecule has 2 aromatic heterocycles. The minimum Gasteiger partial charge on any atom is -0.444 e. The van der Waals surface area contributed by atoms with Gasteiger partial charge in [-0.2, -0.15) is 5.26 Å². The summed E-state index contributed by atoms with van der Waals surface area (Å²) in [6.07, 6.45) is 4.82. The highest BCUT2D eigenvalue weighted by atomic mass is 35.5. The van der Waals surface area contributed by atoms with E-state index in [0.717, 1.165) is 11.1 Å². The van der Waals surface area contributed by atoms with Crippen LogP contribution >= 0.6 is 23.2 Å². The van der Waals surface area contributed by atoms with Crippen molar-refractivity contribution in [2.45, 2.75) is 57.6 Å². The number of nitrogens with zero attached hydrogens (tertiary/aromatic N) is 7. The molecule has 3 aromatic carbocycles. The first kappa shape index (κ1) is 37.5. The second-order valence-electron chi connectivity index (χ2n) is 14.3. The zero-order chi connectivity index (χ0) is 38.0. The van der Waals surface area contributed by atoms with Crippen LogP contribution in [0.5, 0.6) is 0 Å². The van der Waals surface area contributed by atoms with Crippen LogP contribution in [-0.4, -0.2) is 74.6 Å². The molecule has 1 atom stereocenters. The van der Waals surface area contributed by atoms with Crippen LogP contribution in [0.3, 0.4) is 0 Å². The summed E-state index contributed by atoms with van der Waals surface area (Å²) in [6.45, 7) is 6.61. The van der Waals surface area contributed by atoms with Gasteiger partial charge in [0.05, 0.1) is 38.5 Å². The van der Waals surface area contributed by atoms with Gasteiger partial charge >= 0.3 is 6.09 Å². The van der Waals surface area contributed by atoms with Crippen LogP contribution < -0.4 is 5.32 Å². The van der Waals surface area contributed by atoms with Gasteiger partial charge in [0.2, 0.25) is 0 Å². The van der Waals surface area contributed by atoms with Crippen LogP contribution in [0.25, 0.3) is 10.9 Å². The van der Waals surface area contributed by atoms with E-state index in [1.165, 1.54) is 29.3 Å². The molecule has 0 saturated carbocycles. The van der Waals surface area contributed by atoms with E-state index in [1.807, 2.05) is 62.0 Å². The highest BCUT2D eigenvalue weighted by Gasteiger charge is 2.29. The average molecular weight is 758 g/mol. The van der Waals surface area contributed by atoms with Gasteiger partial charge < -0.3 is 19.9 Å². The maximum absolute atomic E-state index is 14.0. The molecule has 14 heteroatoms. The number of nitriles is 1. The number of hydrogen-bond acceptors (Lipinski definition) is 8. The molecule has 1 saturated heterocycles. The smallest absolute Gasteiger partial charge is 0.410 e. The van der Waals surface area contributed by atoms with E-state index >= 15 is 0 Å².